The molecule has 0 saturated heterocycles. The summed E-state index contributed by atoms with van der Waals surface area (Å²) < 4.78 is 6.10. The largest absolute Gasteiger partial charge is 0.421 e. The minimum absolute atomic E-state index is 0.296. The van der Waals surface area contributed by atoms with E-state index in [1.54, 1.807) is 6.07 Å². The summed E-state index contributed by atoms with van der Waals surface area (Å²) in [6, 6.07) is 13.2. The van der Waals surface area contributed by atoms with Gasteiger partial charge in [0.25, 0.3) is 0 Å². The third-order valence-corrected chi connectivity index (χ3v) is 3.22. The van der Waals surface area contributed by atoms with Crippen LogP contribution in [-0.4, -0.2) is 0 Å². The summed E-state index contributed by atoms with van der Waals surface area (Å²) in [5, 5.41) is 2.49. The predicted molar refractivity (Wildman–Crippen MR) is 67.7 cm³/mol. The maximum Gasteiger partial charge on any atom is 0.344 e. The minimum atomic E-state index is -0.296. The summed E-state index contributed by atoms with van der Waals surface area (Å²) in [6.07, 6.45) is 0. The highest BCUT2D eigenvalue weighted by Crippen LogP contribution is 2.27. The fraction of sp³-hybridized carbons (Fsp3) is 0. The zero-order chi connectivity index (χ0) is 11.1. The van der Waals surface area contributed by atoms with Crippen molar-refractivity contribution in [2.75, 3.05) is 0 Å². The van der Waals surface area contributed by atoms with Crippen LogP contribution in [0.1, 0.15) is 0 Å². The van der Waals surface area contributed by atoms with Crippen LogP contribution in [0.3, 0.4) is 0 Å². The molecule has 0 aliphatic rings. The predicted octanol–water partition coefficient (Wildman–Crippen LogP) is 3.71. The zero-order valence-corrected chi connectivity index (χ0v) is 9.82. The second kappa shape index (κ2) is 3.46. The van der Waals surface area contributed by atoms with Crippen molar-refractivity contribution in [2.24, 2.45) is 0 Å². The molecule has 1 aromatic heterocycles. The standard InChI is InChI=1S/C13H7BrO2/c14-11-7-3-6-9-8-4-1-2-5-10(8)13(15)16-12(9)11/h1-7H. The second-order valence-corrected chi connectivity index (χ2v) is 4.41. The Kier molecular flexibility index (Phi) is 2.07. The highest BCUT2D eigenvalue weighted by atomic mass is 79.9. The Bertz CT molecular complexity index is 744. The molecule has 2 aromatic carbocycles. The van der Waals surface area contributed by atoms with E-state index in [0.717, 1.165) is 15.2 Å². The summed E-state index contributed by atoms with van der Waals surface area (Å²) in [5.74, 6) is 0. The molecule has 0 radical (unpaired) electrons. The van der Waals surface area contributed by atoms with Gasteiger partial charge in [0.1, 0.15) is 0 Å². The maximum atomic E-state index is 11.8. The van der Waals surface area contributed by atoms with E-state index in [4.69, 9.17) is 4.42 Å². The Labute approximate surface area is 99.6 Å². The van der Waals surface area contributed by atoms with Gasteiger partial charge in [-0.3, -0.25) is 0 Å². The third-order valence-electron chi connectivity index (χ3n) is 2.60. The number of rotatable bonds is 0. The number of halogens is 1. The Hall–Kier alpha value is -1.61. The zero-order valence-electron chi connectivity index (χ0n) is 8.24. The summed E-state index contributed by atoms with van der Waals surface area (Å²) in [7, 11) is 0. The van der Waals surface area contributed by atoms with Gasteiger partial charge < -0.3 is 4.42 Å². The van der Waals surface area contributed by atoms with Gasteiger partial charge in [-0.2, -0.15) is 0 Å². The van der Waals surface area contributed by atoms with Crippen molar-refractivity contribution in [3.63, 3.8) is 0 Å². The lowest BCUT2D eigenvalue weighted by Gasteiger charge is -2.02. The van der Waals surface area contributed by atoms with Crippen molar-refractivity contribution < 1.29 is 4.42 Å². The molecule has 3 heteroatoms. The molecule has 0 unspecified atom stereocenters. The van der Waals surface area contributed by atoms with Crippen LogP contribution in [0, 0.1) is 0 Å². The first kappa shape index (κ1) is 9.60. The molecule has 0 aliphatic carbocycles. The molecule has 0 fully saturated rings. The average Bonchev–Trinajstić information content (AvgIpc) is 2.31. The number of hydrogen-bond acceptors (Lipinski definition) is 2. The van der Waals surface area contributed by atoms with E-state index < -0.39 is 0 Å². The van der Waals surface area contributed by atoms with Crippen molar-refractivity contribution in [1.82, 2.24) is 0 Å². The first-order valence-electron chi connectivity index (χ1n) is 4.87. The van der Waals surface area contributed by atoms with E-state index in [0.29, 0.717) is 11.0 Å². The van der Waals surface area contributed by atoms with Gasteiger partial charge in [-0.05, 0) is 33.4 Å². The van der Waals surface area contributed by atoms with Crippen LogP contribution in [0.2, 0.25) is 0 Å². The van der Waals surface area contributed by atoms with Gasteiger partial charge in [0.2, 0.25) is 0 Å². The molecule has 78 valence electrons. The molecule has 0 atom stereocenters. The van der Waals surface area contributed by atoms with Gasteiger partial charge in [-0.15, -0.1) is 0 Å². The van der Waals surface area contributed by atoms with Crippen molar-refractivity contribution in [3.8, 4) is 0 Å². The van der Waals surface area contributed by atoms with Crippen LogP contribution < -0.4 is 5.63 Å². The first-order chi connectivity index (χ1) is 7.77. The highest BCUT2D eigenvalue weighted by Gasteiger charge is 2.08. The number of benzene rings is 2. The van der Waals surface area contributed by atoms with Gasteiger partial charge in [0.05, 0.1) is 9.86 Å². The lowest BCUT2D eigenvalue weighted by molar-refractivity contribution is 0.568. The Morgan fingerprint density at radius 1 is 0.875 bits per heavy atom. The normalized spacial score (nSPS) is 11.1. The third kappa shape index (κ3) is 1.28. The SMILES string of the molecule is O=c1oc2c(Br)cccc2c2ccccc12. The van der Waals surface area contributed by atoms with E-state index >= 15 is 0 Å². The van der Waals surface area contributed by atoms with Gasteiger partial charge >= 0.3 is 5.63 Å². The summed E-state index contributed by atoms with van der Waals surface area (Å²) >= 11 is 3.38. The summed E-state index contributed by atoms with van der Waals surface area (Å²) in [4.78, 5) is 11.8. The Morgan fingerprint density at radius 2 is 1.56 bits per heavy atom. The quantitative estimate of drug-likeness (QED) is 0.462. The first-order valence-corrected chi connectivity index (χ1v) is 5.67. The van der Waals surface area contributed by atoms with Gasteiger partial charge in [0, 0.05) is 5.39 Å². The molecule has 16 heavy (non-hydrogen) atoms. The average molecular weight is 275 g/mol. The van der Waals surface area contributed by atoms with Crippen molar-refractivity contribution >= 4 is 37.7 Å². The van der Waals surface area contributed by atoms with Crippen molar-refractivity contribution in [2.45, 2.75) is 0 Å². The number of fused-ring (bicyclic) bond motifs is 3. The second-order valence-electron chi connectivity index (χ2n) is 3.55. The summed E-state index contributed by atoms with van der Waals surface area (Å²) in [5.41, 5.74) is 0.307. The molecule has 3 aromatic rings. The Balaban J connectivity index is 2.70. The van der Waals surface area contributed by atoms with E-state index in [1.165, 1.54) is 0 Å². The molecule has 2 nitrogen and oxygen atoms in total. The molecule has 0 saturated carbocycles. The fourth-order valence-corrected chi connectivity index (χ4v) is 2.32. The van der Waals surface area contributed by atoms with Crippen LogP contribution in [0.25, 0.3) is 21.7 Å². The molecular weight excluding hydrogens is 268 g/mol. The maximum absolute atomic E-state index is 11.8. The topological polar surface area (TPSA) is 30.2 Å². The van der Waals surface area contributed by atoms with E-state index in [9.17, 15) is 4.79 Å². The summed E-state index contributed by atoms with van der Waals surface area (Å²) in [6.45, 7) is 0. The highest BCUT2D eigenvalue weighted by molar-refractivity contribution is 9.10. The molecule has 0 amide bonds. The lowest BCUT2D eigenvalue weighted by Crippen LogP contribution is -1.99. The molecule has 0 bridgehead atoms. The molecule has 1 heterocycles. The molecule has 3 rings (SSSR count). The van der Waals surface area contributed by atoms with Gasteiger partial charge in [0.15, 0.2) is 5.58 Å². The molecule has 0 spiro atoms. The Morgan fingerprint density at radius 3 is 2.38 bits per heavy atom. The molecular formula is C13H7BrO2. The van der Waals surface area contributed by atoms with Crippen LogP contribution in [-0.2, 0) is 0 Å². The van der Waals surface area contributed by atoms with E-state index in [1.807, 2.05) is 36.4 Å². The van der Waals surface area contributed by atoms with E-state index in [-0.39, 0.29) is 5.63 Å². The van der Waals surface area contributed by atoms with Gasteiger partial charge in [-0.25, -0.2) is 4.79 Å². The molecule has 0 N–H and O–H groups in total. The minimum Gasteiger partial charge on any atom is -0.421 e. The van der Waals surface area contributed by atoms with Crippen LogP contribution in [0.4, 0.5) is 0 Å². The van der Waals surface area contributed by atoms with Gasteiger partial charge in [-0.1, -0.05) is 30.3 Å². The van der Waals surface area contributed by atoms with Crippen LogP contribution >= 0.6 is 15.9 Å². The molecule has 0 aliphatic heterocycles. The van der Waals surface area contributed by atoms with Crippen molar-refractivity contribution in [3.05, 3.63) is 57.4 Å². The lowest BCUT2D eigenvalue weighted by atomic mass is 10.1. The van der Waals surface area contributed by atoms with Crippen LogP contribution in [0.5, 0.6) is 0 Å². The van der Waals surface area contributed by atoms with Crippen molar-refractivity contribution in [1.29, 1.82) is 0 Å². The number of para-hydroxylation sites is 1. The monoisotopic (exact) mass is 274 g/mol. The van der Waals surface area contributed by atoms with Crippen LogP contribution in [0.15, 0.2) is 56.1 Å². The smallest absolute Gasteiger partial charge is 0.344 e. The van der Waals surface area contributed by atoms with E-state index in [2.05, 4.69) is 15.9 Å². The number of hydrogen-bond donors (Lipinski definition) is 0. The fourth-order valence-electron chi connectivity index (χ4n) is 1.87.